The molecule has 9 nitrogen and oxygen atoms in total. The minimum atomic E-state index is -4.37. The van der Waals surface area contributed by atoms with Crippen LogP contribution in [0.5, 0.6) is 0 Å². The van der Waals surface area contributed by atoms with E-state index in [9.17, 15) is 19.0 Å². The molecule has 0 aromatic rings. The largest absolute Gasteiger partial charge is 0.472 e. The van der Waals surface area contributed by atoms with Crippen molar-refractivity contribution in [1.82, 2.24) is 0 Å². The summed E-state index contributed by atoms with van der Waals surface area (Å²) in [6, 6.07) is 0. The highest BCUT2D eigenvalue weighted by molar-refractivity contribution is 7.47. The maximum atomic E-state index is 12.6. The van der Waals surface area contributed by atoms with Crippen LogP contribution in [0.15, 0.2) is 24.3 Å². The quantitative estimate of drug-likeness (QED) is 0.0220. The van der Waals surface area contributed by atoms with Crippen LogP contribution in [0, 0.1) is 0 Å². The second-order valence-electron chi connectivity index (χ2n) is 15.0. The van der Waals surface area contributed by atoms with Crippen molar-refractivity contribution in [2.24, 2.45) is 0 Å². The van der Waals surface area contributed by atoms with Gasteiger partial charge in [0, 0.05) is 12.8 Å². The molecule has 0 aliphatic rings. The number of rotatable bonds is 37. The number of ether oxygens (including phenoxy) is 2. The zero-order valence-corrected chi connectivity index (χ0v) is 34.5. The number of phosphoric acid groups is 1. The number of carbonyl (C=O) groups excluding carboxylic acids is 2. The molecule has 0 aromatic heterocycles. The molecular formula is C41H79NO8P+. The van der Waals surface area contributed by atoms with Crippen LogP contribution in [-0.2, 0) is 32.7 Å². The van der Waals surface area contributed by atoms with E-state index in [1.54, 1.807) is 0 Å². The molecule has 0 aliphatic heterocycles. The summed E-state index contributed by atoms with van der Waals surface area (Å²) >= 11 is 0. The first-order chi connectivity index (χ1) is 24.5. The third-order valence-electron chi connectivity index (χ3n) is 8.70. The van der Waals surface area contributed by atoms with Crippen molar-refractivity contribution < 1.29 is 42.1 Å². The number of likely N-dealkylation sites (N-methyl/N-ethyl adjacent to an activating group) is 1. The van der Waals surface area contributed by atoms with Gasteiger partial charge in [0.2, 0.25) is 0 Å². The summed E-state index contributed by atoms with van der Waals surface area (Å²) in [6.45, 7) is 4.37. The normalized spacial score (nSPS) is 13.9. The molecule has 2 atom stereocenters. The Hall–Kier alpha value is -1.51. The number of phosphoric ester groups is 1. The van der Waals surface area contributed by atoms with Gasteiger partial charge < -0.3 is 18.9 Å². The molecule has 0 heterocycles. The minimum absolute atomic E-state index is 0.0297. The number of unbranched alkanes of at least 4 members (excludes halogenated alkanes) is 19. The summed E-state index contributed by atoms with van der Waals surface area (Å²) in [5.41, 5.74) is 0. The molecule has 1 N–H and O–H groups in total. The Labute approximate surface area is 313 Å². The topological polar surface area (TPSA) is 108 Å². The molecule has 10 heteroatoms. The highest BCUT2D eigenvalue weighted by Crippen LogP contribution is 2.43. The van der Waals surface area contributed by atoms with E-state index in [-0.39, 0.29) is 32.0 Å². The molecule has 51 heavy (non-hydrogen) atoms. The Morgan fingerprint density at radius 2 is 1.00 bits per heavy atom. The van der Waals surface area contributed by atoms with Crippen molar-refractivity contribution in [3.63, 3.8) is 0 Å². The van der Waals surface area contributed by atoms with Crippen LogP contribution >= 0.6 is 7.82 Å². The molecule has 0 amide bonds. The highest BCUT2D eigenvalue weighted by Gasteiger charge is 2.27. The molecule has 0 rings (SSSR count). The molecule has 300 valence electrons. The minimum Gasteiger partial charge on any atom is -0.462 e. The Morgan fingerprint density at radius 1 is 0.588 bits per heavy atom. The second kappa shape index (κ2) is 34.3. The first-order valence-electron chi connectivity index (χ1n) is 20.6. The van der Waals surface area contributed by atoms with Gasteiger partial charge in [-0.3, -0.25) is 18.6 Å². The Morgan fingerprint density at radius 3 is 1.47 bits per heavy atom. The van der Waals surface area contributed by atoms with Crippen LogP contribution in [0.2, 0.25) is 0 Å². The second-order valence-corrected chi connectivity index (χ2v) is 16.5. The first kappa shape index (κ1) is 49.5. The van der Waals surface area contributed by atoms with Crippen LogP contribution < -0.4 is 0 Å². The predicted octanol–water partition coefficient (Wildman–Crippen LogP) is 11.2. The van der Waals surface area contributed by atoms with E-state index in [1.165, 1.54) is 70.6 Å². The number of hydrogen-bond donors (Lipinski definition) is 1. The van der Waals surface area contributed by atoms with Gasteiger partial charge in [-0.05, 0) is 64.2 Å². The summed E-state index contributed by atoms with van der Waals surface area (Å²) in [5, 5.41) is 0. The van der Waals surface area contributed by atoms with Gasteiger partial charge in [0.05, 0.1) is 27.7 Å². The standard InChI is InChI=1S/C41H78NO8P/c1-6-8-10-12-14-16-18-20-22-24-26-28-30-32-34-41(44)50-39(38-49-51(45,46)48-36-35-42(3,4)5)37-47-40(43)33-31-29-27-25-23-21-19-17-15-13-11-9-7-2/h17-20,39H,6-16,21-38H2,1-5H3/p+1/b19-17-,20-18-/t39-/m1/s1. The third-order valence-corrected chi connectivity index (χ3v) is 9.69. The summed E-state index contributed by atoms with van der Waals surface area (Å²) < 4.78 is 34.2. The van der Waals surface area contributed by atoms with E-state index < -0.39 is 26.5 Å². The van der Waals surface area contributed by atoms with Crippen LogP contribution in [-0.4, -0.2) is 74.9 Å². The van der Waals surface area contributed by atoms with Crippen LogP contribution in [0.25, 0.3) is 0 Å². The lowest BCUT2D eigenvalue weighted by Gasteiger charge is -2.24. The van der Waals surface area contributed by atoms with Gasteiger partial charge in [0.1, 0.15) is 19.8 Å². The summed E-state index contributed by atoms with van der Waals surface area (Å²) in [4.78, 5) is 35.2. The summed E-state index contributed by atoms with van der Waals surface area (Å²) in [5.74, 6) is -0.818. The van der Waals surface area contributed by atoms with Gasteiger partial charge in [-0.15, -0.1) is 0 Å². The maximum Gasteiger partial charge on any atom is 0.472 e. The van der Waals surface area contributed by atoms with Gasteiger partial charge in [0.15, 0.2) is 6.10 Å². The number of nitrogens with zero attached hydrogens (tertiary/aromatic N) is 1. The SMILES string of the molecule is CCCCCC/C=C\CCCCCCCC(=O)OC[C@H](COP(=O)(O)OCC[N+](C)(C)C)OC(=O)CCCCCCC/C=C\CCCCCCC. The predicted molar refractivity (Wildman–Crippen MR) is 211 cm³/mol. The Balaban J connectivity index is 4.43. The number of quaternary nitrogens is 1. The highest BCUT2D eigenvalue weighted by atomic mass is 31.2. The molecule has 0 fully saturated rings. The van der Waals surface area contributed by atoms with Crippen molar-refractivity contribution in [3.05, 3.63) is 24.3 Å². The van der Waals surface area contributed by atoms with Crippen molar-refractivity contribution in [2.45, 2.75) is 180 Å². The zero-order chi connectivity index (χ0) is 37.9. The fourth-order valence-corrected chi connectivity index (χ4v) is 6.16. The smallest absolute Gasteiger partial charge is 0.462 e. The van der Waals surface area contributed by atoms with Gasteiger partial charge >= 0.3 is 19.8 Å². The number of allylic oxidation sites excluding steroid dienone is 4. The van der Waals surface area contributed by atoms with Crippen molar-refractivity contribution in [3.8, 4) is 0 Å². The van der Waals surface area contributed by atoms with E-state index in [1.807, 2.05) is 21.1 Å². The molecule has 0 aromatic carbocycles. The fraction of sp³-hybridized carbons (Fsp3) is 0.854. The molecule has 0 saturated carbocycles. The molecule has 0 radical (unpaired) electrons. The monoisotopic (exact) mass is 745 g/mol. The third kappa shape index (κ3) is 38.0. The van der Waals surface area contributed by atoms with Crippen LogP contribution in [0.3, 0.4) is 0 Å². The van der Waals surface area contributed by atoms with Crippen molar-refractivity contribution >= 4 is 19.8 Å². The van der Waals surface area contributed by atoms with Crippen molar-refractivity contribution in [1.29, 1.82) is 0 Å². The van der Waals surface area contributed by atoms with Gasteiger partial charge in [0.25, 0.3) is 0 Å². The molecule has 1 unspecified atom stereocenters. The molecule has 0 bridgehead atoms. The first-order valence-corrected chi connectivity index (χ1v) is 22.1. The van der Waals surface area contributed by atoms with E-state index in [4.69, 9.17) is 18.5 Å². The van der Waals surface area contributed by atoms with Gasteiger partial charge in [-0.25, -0.2) is 4.57 Å². The number of hydrogen-bond acceptors (Lipinski definition) is 7. The van der Waals surface area contributed by atoms with E-state index in [0.717, 1.165) is 70.6 Å². The Kier molecular flexibility index (Phi) is 33.3. The van der Waals surface area contributed by atoms with Gasteiger partial charge in [-0.1, -0.05) is 122 Å². The lowest BCUT2D eigenvalue weighted by atomic mass is 10.1. The lowest BCUT2D eigenvalue weighted by molar-refractivity contribution is -0.870. The fourth-order valence-electron chi connectivity index (χ4n) is 5.41. The van der Waals surface area contributed by atoms with E-state index in [0.29, 0.717) is 17.4 Å². The lowest BCUT2D eigenvalue weighted by Crippen LogP contribution is -2.37. The molecule has 0 spiro atoms. The van der Waals surface area contributed by atoms with E-state index in [2.05, 4.69) is 38.2 Å². The average Bonchev–Trinajstić information content (AvgIpc) is 3.07. The maximum absolute atomic E-state index is 12.6. The molecule has 0 saturated heterocycles. The summed E-state index contributed by atoms with van der Waals surface area (Å²) in [6.07, 6.45) is 35.0. The van der Waals surface area contributed by atoms with Gasteiger partial charge in [-0.2, -0.15) is 0 Å². The Bertz CT molecular complexity index is 933. The zero-order valence-electron chi connectivity index (χ0n) is 33.6. The molecular weight excluding hydrogens is 665 g/mol. The number of esters is 2. The average molecular weight is 745 g/mol. The van der Waals surface area contributed by atoms with E-state index >= 15 is 0 Å². The van der Waals surface area contributed by atoms with Crippen molar-refractivity contribution in [2.75, 3.05) is 47.5 Å². The number of carbonyl (C=O) groups is 2. The van der Waals surface area contributed by atoms with Crippen LogP contribution in [0.1, 0.15) is 174 Å². The summed E-state index contributed by atoms with van der Waals surface area (Å²) in [7, 11) is 1.47. The van der Waals surface area contributed by atoms with Crippen LogP contribution in [0.4, 0.5) is 0 Å². The molecule has 0 aliphatic carbocycles.